The van der Waals surface area contributed by atoms with Gasteiger partial charge < -0.3 is 0 Å². The summed E-state index contributed by atoms with van der Waals surface area (Å²) in [4.78, 5) is 10.8. The van der Waals surface area contributed by atoms with Crippen molar-refractivity contribution in [3.8, 4) is 0 Å². The molecule has 3 N–H and O–H groups in total. The molecule has 72 valence electrons. The molecule has 1 amide bonds. The van der Waals surface area contributed by atoms with Crippen LogP contribution in [-0.2, 0) is 11.3 Å². The fourth-order valence-corrected chi connectivity index (χ4v) is 1.09. The monoisotopic (exact) mass is 182 g/mol. The zero-order chi connectivity index (χ0) is 9.68. The van der Waals surface area contributed by atoms with Gasteiger partial charge in [-0.1, -0.05) is 0 Å². The summed E-state index contributed by atoms with van der Waals surface area (Å²) < 4.78 is 1.86. The summed E-state index contributed by atoms with van der Waals surface area (Å²) in [6.45, 7) is 2.74. The van der Waals surface area contributed by atoms with E-state index in [1.54, 1.807) is 6.20 Å². The second-order valence-corrected chi connectivity index (χ2v) is 2.87. The Morgan fingerprint density at radius 1 is 1.77 bits per heavy atom. The standard InChI is InChI=1S/C8H14N4O/c1-7-4-5-10-12(7)6-2-3-8(13)11-9/h4-5H,2-3,6,9H2,1H3,(H,11,13). The molecular weight excluding hydrogens is 168 g/mol. The lowest BCUT2D eigenvalue weighted by Crippen LogP contribution is -2.29. The number of hydrogen-bond donors (Lipinski definition) is 2. The van der Waals surface area contributed by atoms with Crippen molar-refractivity contribution in [2.75, 3.05) is 0 Å². The van der Waals surface area contributed by atoms with E-state index in [-0.39, 0.29) is 5.91 Å². The minimum atomic E-state index is -0.134. The lowest BCUT2D eigenvalue weighted by atomic mass is 10.3. The molecule has 1 aromatic rings. The van der Waals surface area contributed by atoms with Gasteiger partial charge in [0, 0.05) is 24.9 Å². The molecule has 1 aromatic heterocycles. The van der Waals surface area contributed by atoms with Crippen LogP contribution in [0.5, 0.6) is 0 Å². The van der Waals surface area contributed by atoms with Gasteiger partial charge in [0.1, 0.15) is 0 Å². The van der Waals surface area contributed by atoms with E-state index in [1.807, 2.05) is 17.7 Å². The van der Waals surface area contributed by atoms with Gasteiger partial charge in [-0.25, -0.2) is 5.84 Å². The number of rotatable bonds is 4. The molecule has 0 bridgehead atoms. The molecule has 0 saturated carbocycles. The number of nitrogens with zero attached hydrogens (tertiary/aromatic N) is 2. The number of nitrogens with one attached hydrogen (secondary N) is 1. The largest absolute Gasteiger partial charge is 0.294 e. The Bertz CT molecular complexity index is 281. The minimum absolute atomic E-state index is 0.134. The number of nitrogens with two attached hydrogens (primary N) is 1. The van der Waals surface area contributed by atoms with Gasteiger partial charge in [0.05, 0.1) is 0 Å². The van der Waals surface area contributed by atoms with E-state index in [2.05, 4.69) is 10.5 Å². The van der Waals surface area contributed by atoms with Gasteiger partial charge in [-0.3, -0.25) is 14.9 Å². The first-order valence-electron chi connectivity index (χ1n) is 4.22. The average molecular weight is 182 g/mol. The third kappa shape index (κ3) is 2.87. The number of hydrogen-bond acceptors (Lipinski definition) is 3. The zero-order valence-electron chi connectivity index (χ0n) is 7.66. The smallest absolute Gasteiger partial charge is 0.233 e. The van der Waals surface area contributed by atoms with Gasteiger partial charge >= 0.3 is 0 Å². The second kappa shape index (κ2) is 4.61. The summed E-state index contributed by atoms with van der Waals surface area (Å²) in [7, 11) is 0. The lowest BCUT2D eigenvalue weighted by Gasteiger charge is -2.03. The van der Waals surface area contributed by atoms with E-state index < -0.39 is 0 Å². The van der Waals surface area contributed by atoms with E-state index in [9.17, 15) is 4.79 Å². The molecule has 5 heteroatoms. The highest BCUT2D eigenvalue weighted by atomic mass is 16.2. The molecule has 0 radical (unpaired) electrons. The Balaban J connectivity index is 2.28. The number of amides is 1. The van der Waals surface area contributed by atoms with E-state index in [0.717, 1.165) is 18.7 Å². The SMILES string of the molecule is Cc1ccnn1CCCC(=O)NN. The molecule has 0 aliphatic heterocycles. The zero-order valence-corrected chi connectivity index (χ0v) is 7.66. The van der Waals surface area contributed by atoms with Crippen LogP contribution >= 0.6 is 0 Å². The third-order valence-corrected chi connectivity index (χ3v) is 1.86. The number of hydrazine groups is 1. The molecule has 0 aromatic carbocycles. The Labute approximate surface area is 76.9 Å². The summed E-state index contributed by atoms with van der Waals surface area (Å²) in [5.74, 6) is 4.80. The van der Waals surface area contributed by atoms with E-state index in [1.165, 1.54) is 0 Å². The summed E-state index contributed by atoms with van der Waals surface area (Å²) in [6, 6.07) is 1.93. The molecule has 0 aliphatic carbocycles. The van der Waals surface area contributed by atoms with Crippen molar-refractivity contribution in [1.82, 2.24) is 15.2 Å². The van der Waals surface area contributed by atoms with Crippen molar-refractivity contribution < 1.29 is 4.79 Å². The maximum atomic E-state index is 10.8. The van der Waals surface area contributed by atoms with Crippen LogP contribution < -0.4 is 11.3 Å². The molecule has 0 fully saturated rings. The van der Waals surface area contributed by atoms with Crippen LogP contribution in [0.25, 0.3) is 0 Å². The summed E-state index contributed by atoms with van der Waals surface area (Å²) in [6.07, 6.45) is 2.94. The first-order valence-corrected chi connectivity index (χ1v) is 4.22. The maximum Gasteiger partial charge on any atom is 0.233 e. The quantitative estimate of drug-likeness (QED) is 0.390. The Morgan fingerprint density at radius 3 is 3.08 bits per heavy atom. The molecular formula is C8H14N4O. The van der Waals surface area contributed by atoms with Gasteiger partial charge in [0.25, 0.3) is 0 Å². The van der Waals surface area contributed by atoms with Crippen molar-refractivity contribution in [3.63, 3.8) is 0 Å². The van der Waals surface area contributed by atoms with Crippen LogP contribution in [0.15, 0.2) is 12.3 Å². The van der Waals surface area contributed by atoms with E-state index in [0.29, 0.717) is 6.42 Å². The third-order valence-electron chi connectivity index (χ3n) is 1.86. The fourth-order valence-electron chi connectivity index (χ4n) is 1.09. The van der Waals surface area contributed by atoms with Crippen molar-refractivity contribution in [2.45, 2.75) is 26.3 Å². The molecule has 0 atom stereocenters. The van der Waals surface area contributed by atoms with Crippen molar-refractivity contribution in [1.29, 1.82) is 0 Å². The van der Waals surface area contributed by atoms with Crippen LogP contribution in [0.4, 0.5) is 0 Å². The minimum Gasteiger partial charge on any atom is -0.294 e. The number of carbonyl (C=O) groups is 1. The maximum absolute atomic E-state index is 10.8. The van der Waals surface area contributed by atoms with Crippen molar-refractivity contribution >= 4 is 5.91 Å². The van der Waals surface area contributed by atoms with Crippen LogP contribution in [0.2, 0.25) is 0 Å². The van der Waals surface area contributed by atoms with Crippen LogP contribution in [0.3, 0.4) is 0 Å². The summed E-state index contributed by atoms with van der Waals surface area (Å²) in [5.41, 5.74) is 3.20. The normalized spacial score (nSPS) is 10.0. The Morgan fingerprint density at radius 2 is 2.54 bits per heavy atom. The predicted octanol–water partition coefficient (Wildman–Crippen LogP) is -0.0384. The highest BCUT2D eigenvalue weighted by Gasteiger charge is 2.00. The summed E-state index contributed by atoms with van der Waals surface area (Å²) >= 11 is 0. The number of aryl methyl sites for hydroxylation is 2. The number of carbonyl (C=O) groups excluding carboxylic acids is 1. The van der Waals surface area contributed by atoms with Gasteiger partial charge in [-0.2, -0.15) is 5.10 Å². The van der Waals surface area contributed by atoms with Crippen molar-refractivity contribution in [2.24, 2.45) is 5.84 Å². The predicted molar refractivity (Wildman–Crippen MR) is 48.5 cm³/mol. The Kier molecular flexibility index (Phi) is 3.45. The molecule has 0 saturated heterocycles. The van der Waals surface area contributed by atoms with E-state index in [4.69, 9.17) is 5.84 Å². The van der Waals surface area contributed by atoms with Gasteiger partial charge in [-0.15, -0.1) is 0 Å². The van der Waals surface area contributed by atoms with Crippen molar-refractivity contribution in [3.05, 3.63) is 18.0 Å². The lowest BCUT2D eigenvalue weighted by molar-refractivity contribution is -0.121. The molecule has 0 unspecified atom stereocenters. The van der Waals surface area contributed by atoms with Gasteiger partial charge in [0.2, 0.25) is 5.91 Å². The van der Waals surface area contributed by atoms with E-state index >= 15 is 0 Å². The van der Waals surface area contributed by atoms with Crippen LogP contribution in [-0.4, -0.2) is 15.7 Å². The first kappa shape index (κ1) is 9.73. The van der Waals surface area contributed by atoms with Gasteiger partial charge in [-0.05, 0) is 19.4 Å². The van der Waals surface area contributed by atoms with Crippen LogP contribution in [0, 0.1) is 6.92 Å². The summed E-state index contributed by atoms with van der Waals surface area (Å²) in [5, 5.41) is 4.09. The fraction of sp³-hybridized carbons (Fsp3) is 0.500. The Hall–Kier alpha value is -1.36. The topological polar surface area (TPSA) is 72.9 Å². The number of aromatic nitrogens is 2. The first-order chi connectivity index (χ1) is 6.24. The molecule has 1 rings (SSSR count). The molecule has 0 spiro atoms. The second-order valence-electron chi connectivity index (χ2n) is 2.87. The van der Waals surface area contributed by atoms with Crippen LogP contribution in [0.1, 0.15) is 18.5 Å². The average Bonchev–Trinajstić information content (AvgIpc) is 2.52. The molecule has 1 heterocycles. The highest BCUT2D eigenvalue weighted by Crippen LogP contribution is 1.99. The highest BCUT2D eigenvalue weighted by molar-refractivity contribution is 5.74. The van der Waals surface area contributed by atoms with Gasteiger partial charge in [0.15, 0.2) is 0 Å². The molecule has 5 nitrogen and oxygen atoms in total. The molecule has 0 aliphatic rings. The molecule has 13 heavy (non-hydrogen) atoms.